The molecule has 1 heterocycles. The first kappa shape index (κ1) is 7.38. The van der Waals surface area contributed by atoms with Gasteiger partial charge in [0.05, 0.1) is 12.0 Å². The molecule has 0 bridgehead atoms. The zero-order chi connectivity index (χ0) is 6.53. The van der Waals surface area contributed by atoms with E-state index < -0.39 is 0 Å². The fourth-order valence-electron chi connectivity index (χ4n) is 0.878. The highest BCUT2D eigenvalue weighted by Gasteiger charge is 2.10. The number of hydrogen-bond acceptors (Lipinski definition) is 3. The Morgan fingerprint density at radius 2 is 2.67 bits per heavy atom. The second kappa shape index (κ2) is 4.14. The number of methoxy groups -OCH3 is 1. The summed E-state index contributed by atoms with van der Waals surface area (Å²) in [6.07, 6.45) is 1.30. The molecule has 0 spiro atoms. The van der Waals surface area contributed by atoms with E-state index in [1.54, 1.807) is 7.11 Å². The first-order valence-corrected chi connectivity index (χ1v) is 4.32. The topological polar surface area (TPSA) is 21.3 Å². The van der Waals surface area contributed by atoms with Crippen LogP contribution in [-0.2, 0) is 4.74 Å². The lowest BCUT2D eigenvalue weighted by atomic mass is 10.4. The summed E-state index contributed by atoms with van der Waals surface area (Å²) in [5.41, 5.74) is 0. The predicted molar refractivity (Wildman–Crippen MR) is 40.7 cm³/mol. The Bertz CT molecular complexity index is 70.7. The molecule has 1 aliphatic rings. The molecule has 54 valence electrons. The Morgan fingerprint density at radius 3 is 3.22 bits per heavy atom. The molecule has 1 saturated heterocycles. The van der Waals surface area contributed by atoms with E-state index in [2.05, 4.69) is 5.32 Å². The molecule has 9 heavy (non-hydrogen) atoms. The normalized spacial score (nSPS) is 28.3. The summed E-state index contributed by atoms with van der Waals surface area (Å²) in [4.78, 5) is 0. The van der Waals surface area contributed by atoms with Crippen molar-refractivity contribution in [3.63, 3.8) is 0 Å². The molecule has 0 saturated carbocycles. The van der Waals surface area contributed by atoms with Gasteiger partial charge in [0.1, 0.15) is 0 Å². The van der Waals surface area contributed by atoms with Crippen molar-refractivity contribution in [3.8, 4) is 0 Å². The monoisotopic (exact) mass is 147 g/mol. The minimum atomic E-state index is 0.545. The van der Waals surface area contributed by atoms with E-state index in [1.807, 2.05) is 11.8 Å². The Kier molecular flexibility index (Phi) is 3.40. The zero-order valence-electron chi connectivity index (χ0n) is 5.72. The SMILES string of the molecule is COCC1NCCCS1. The van der Waals surface area contributed by atoms with Gasteiger partial charge in [-0.1, -0.05) is 0 Å². The lowest BCUT2D eigenvalue weighted by Crippen LogP contribution is -2.35. The minimum Gasteiger partial charge on any atom is -0.382 e. The molecule has 0 amide bonds. The predicted octanol–water partition coefficient (Wildman–Crippen LogP) is 0.685. The maximum absolute atomic E-state index is 5.00. The molecule has 1 unspecified atom stereocenters. The van der Waals surface area contributed by atoms with Crippen molar-refractivity contribution in [1.82, 2.24) is 5.32 Å². The van der Waals surface area contributed by atoms with E-state index in [-0.39, 0.29) is 0 Å². The third-order valence-corrected chi connectivity index (χ3v) is 2.56. The third kappa shape index (κ3) is 2.56. The first-order valence-electron chi connectivity index (χ1n) is 3.27. The summed E-state index contributed by atoms with van der Waals surface area (Å²) >= 11 is 1.95. The smallest absolute Gasteiger partial charge is 0.0769 e. The van der Waals surface area contributed by atoms with Crippen molar-refractivity contribution in [1.29, 1.82) is 0 Å². The first-order chi connectivity index (χ1) is 4.43. The molecule has 1 rings (SSSR count). The van der Waals surface area contributed by atoms with Gasteiger partial charge < -0.3 is 10.1 Å². The number of ether oxygens (including phenoxy) is 1. The Morgan fingerprint density at radius 1 is 1.78 bits per heavy atom. The van der Waals surface area contributed by atoms with E-state index >= 15 is 0 Å². The second-order valence-corrected chi connectivity index (χ2v) is 3.43. The summed E-state index contributed by atoms with van der Waals surface area (Å²) in [7, 11) is 1.75. The van der Waals surface area contributed by atoms with E-state index in [4.69, 9.17) is 4.74 Å². The Balaban J connectivity index is 2.08. The average molecular weight is 147 g/mol. The highest BCUT2D eigenvalue weighted by Crippen LogP contribution is 2.13. The highest BCUT2D eigenvalue weighted by atomic mass is 32.2. The second-order valence-electron chi connectivity index (χ2n) is 2.12. The largest absolute Gasteiger partial charge is 0.382 e. The molecule has 0 aromatic carbocycles. The van der Waals surface area contributed by atoms with Crippen LogP contribution < -0.4 is 5.32 Å². The van der Waals surface area contributed by atoms with Gasteiger partial charge in [-0.3, -0.25) is 0 Å². The lowest BCUT2D eigenvalue weighted by Gasteiger charge is -2.21. The zero-order valence-corrected chi connectivity index (χ0v) is 6.54. The summed E-state index contributed by atoms with van der Waals surface area (Å²) in [5, 5.41) is 3.90. The summed E-state index contributed by atoms with van der Waals surface area (Å²) in [6.45, 7) is 1.99. The van der Waals surface area contributed by atoms with Crippen LogP contribution in [0.1, 0.15) is 6.42 Å². The maximum Gasteiger partial charge on any atom is 0.0769 e. The van der Waals surface area contributed by atoms with E-state index in [9.17, 15) is 0 Å². The van der Waals surface area contributed by atoms with Crippen molar-refractivity contribution in [2.24, 2.45) is 0 Å². The standard InChI is InChI=1S/C6H13NOS/c1-8-5-6-7-3-2-4-9-6/h6-7H,2-5H2,1H3. The maximum atomic E-state index is 5.00. The molecule has 0 aromatic heterocycles. The van der Waals surface area contributed by atoms with Gasteiger partial charge in [0, 0.05) is 7.11 Å². The van der Waals surface area contributed by atoms with Crippen LogP contribution in [0.3, 0.4) is 0 Å². The molecule has 0 aliphatic carbocycles. The number of thioether (sulfide) groups is 1. The van der Waals surface area contributed by atoms with Crippen molar-refractivity contribution >= 4 is 11.8 Å². The van der Waals surface area contributed by atoms with Gasteiger partial charge >= 0.3 is 0 Å². The molecule has 1 N–H and O–H groups in total. The van der Waals surface area contributed by atoms with Gasteiger partial charge in [0.2, 0.25) is 0 Å². The van der Waals surface area contributed by atoms with Crippen LogP contribution in [-0.4, -0.2) is 31.4 Å². The van der Waals surface area contributed by atoms with Crippen LogP contribution >= 0.6 is 11.8 Å². The Labute approximate surface area is 60.3 Å². The number of hydrogen-bond donors (Lipinski definition) is 1. The molecule has 2 nitrogen and oxygen atoms in total. The fraction of sp³-hybridized carbons (Fsp3) is 1.00. The molecular formula is C6H13NOS. The van der Waals surface area contributed by atoms with E-state index in [1.165, 1.54) is 12.2 Å². The van der Waals surface area contributed by atoms with Crippen molar-refractivity contribution < 1.29 is 4.74 Å². The number of rotatable bonds is 2. The van der Waals surface area contributed by atoms with Gasteiger partial charge in [0.25, 0.3) is 0 Å². The molecule has 3 heteroatoms. The summed E-state index contributed by atoms with van der Waals surface area (Å²) < 4.78 is 5.00. The van der Waals surface area contributed by atoms with E-state index in [0.717, 1.165) is 13.2 Å². The highest BCUT2D eigenvalue weighted by molar-refractivity contribution is 7.99. The van der Waals surface area contributed by atoms with Gasteiger partial charge in [-0.2, -0.15) is 0 Å². The van der Waals surface area contributed by atoms with Crippen LogP contribution in [0.4, 0.5) is 0 Å². The molecule has 0 aromatic rings. The van der Waals surface area contributed by atoms with E-state index in [0.29, 0.717) is 5.37 Å². The summed E-state index contributed by atoms with van der Waals surface area (Å²) in [6, 6.07) is 0. The molecular weight excluding hydrogens is 134 g/mol. The molecule has 1 atom stereocenters. The van der Waals surface area contributed by atoms with Crippen LogP contribution in [0.5, 0.6) is 0 Å². The van der Waals surface area contributed by atoms with Crippen LogP contribution in [0.25, 0.3) is 0 Å². The molecule has 0 radical (unpaired) electrons. The Hall–Kier alpha value is 0.270. The van der Waals surface area contributed by atoms with Gasteiger partial charge in [-0.25, -0.2) is 0 Å². The van der Waals surface area contributed by atoms with Gasteiger partial charge in [-0.05, 0) is 18.7 Å². The van der Waals surface area contributed by atoms with Crippen LogP contribution in [0.2, 0.25) is 0 Å². The quantitative estimate of drug-likeness (QED) is 0.621. The molecule has 1 fully saturated rings. The van der Waals surface area contributed by atoms with Crippen LogP contribution in [0.15, 0.2) is 0 Å². The van der Waals surface area contributed by atoms with Crippen molar-refractivity contribution in [2.45, 2.75) is 11.8 Å². The lowest BCUT2D eigenvalue weighted by molar-refractivity contribution is 0.190. The summed E-state index contributed by atoms with van der Waals surface area (Å²) in [5.74, 6) is 1.28. The average Bonchev–Trinajstić information content (AvgIpc) is 1.91. The van der Waals surface area contributed by atoms with Crippen molar-refractivity contribution in [2.75, 3.05) is 26.0 Å². The third-order valence-electron chi connectivity index (χ3n) is 1.33. The molecule has 1 aliphatic heterocycles. The number of nitrogens with one attached hydrogen (secondary N) is 1. The van der Waals surface area contributed by atoms with Gasteiger partial charge in [0.15, 0.2) is 0 Å². The van der Waals surface area contributed by atoms with Crippen LogP contribution in [0, 0.1) is 0 Å². The fourth-order valence-corrected chi connectivity index (χ4v) is 1.94. The minimum absolute atomic E-state index is 0.545. The van der Waals surface area contributed by atoms with Crippen molar-refractivity contribution in [3.05, 3.63) is 0 Å². The van der Waals surface area contributed by atoms with Gasteiger partial charge in [-0.15, -0.1) is 11.8 Å².